The minimum atomic E-state index is -3.19. The summed E-state index contributed by atoms with van der Waals surface area (Å²) in [5.74, 6) is -0.0299. The van der Waals surface area contributed by atoms with Gasteiger partial charge in [-0.05, 0) is 30.0 Å². The van der Waals surface area contributed by atoms with E-state index in [1.54, 1.807) is 12.1 Å². The summed E-state index contributed by atoms with van der Waals surface area (Å²) in [5.41, 5.74) is 0.0900. The van der Waals surface area contributed by atoms with Crippen LogP contribution >= 0.6 is 11.8 Å². The average Bonchev–Trinajstić information content (AvgIpc) is 3.27. The van der Waals surface area contributed by atoms with Gasteiger partial charge in [0.05, 0.1) is 4.92 Å². The minimum absolute atomic E-state index is 0.104. The van der Waals surface area contributed by atoms with Gasteiger partial charge in [0, 0.05) is 22.4 Å². The SMILES string of the molecule is O=[N+]([O-])c1ccc(Sc2nnc(-c3cc4ccccc4o3)o2)cc1OC(F)F. The van der Waals surface area contributed by atoms with Crippen LogP contribution < -0.4 is 4.74 Å². The molecule has 0 spiro atoms. The second-order valence-corrected chi connectivity index (χ2v) is 6.41. The van der Waals surface area contributed by atoms with Crippen LogP contribution in [0.15, 0.2) is 67.5 Å². The van der Waals surface area contributed by atoms with Crippen LogP contribution in [0.25, 0.3) is 22.6 Å². The molecule has 8 nitrogen and oxygen atoms in total. The predicted octanol–water partition coefficient (Wildman–Crippen LogP) is 5.14. The highest BCUT2D eigenvalue weighted by Gasteiger charge is 2.21. The monoisotopic (exact) mass is 405 g/mol. The number of hydrogen-bond acceptors (Lipinski definition) is 8. The van der Waals surface area contributed by atoms with Crippen molar-refractivity contribution in [2.45, 2.75) is 16.7 Å². The highest BCUT2D eigenvalue weighted by molar-refractivity contribution is 7.99. The van der Waals surface area contributed by atoms with E-state index in [0.29, 0.717) is 16.2 Å². The number of nitro benzene ring substituents is 1. The molecule has 0 aliphatic rings. The van der Waals surface area contributed by atoms with Crippen molar-refractivity contribution in [3.63, 3.8) is 0 Å². The molecule has 4 rings (SSSR count). The molecule has 0 amide bonds. The molecule has 11 heteroatoms. The van der Waals surface area contributed by atoms with Crippen LogP contribution in [0, 0.1) is 10.1 Å². The maximum Gasteiger partial charge on any atom is 0.387 e. The van der Waals surface area contributed by atoms with E-state index in [1.165, 1.54) is 6.07 Å². The number of benzene rings is 2. The lowest BCUT2D eigenvalue weighted by Gasteiger charge is -2.06. The van der Waals surface area contributed by atoms with E-state index in [2.05, 4.69) is 14.9 Å². The second kappa shape index (κ2) is 7.27. The lowest BCUT2D eigenvalue weighted by atomic mass is 10.2. The summed E-state index contributed by atoms with van der Waals surface area (Å²) in [4.78, 5) is 10.5. The van der Waals surface area contributed by atoms with Gasteiger partial charge in [0.25, 0.3) is 11.1 Å². The van der Waals surface area contributed by atoms with Crippen LogP contribution in [0.1, 0.15) is 0 Å². The van der Waals surface area contributed by atoms with Crippen LogP contribution in [0.2, 0.25) is 0 Å². The molecule has 0 bridgehead atoms. The Labute approximate surface area is 159 Å². The highest BCUT2D eigenvalue weighted by atomic mass is 32.2. The summed E-state index contributed by atoms with van der Waals surface area (Å²) >= 11 is 0.942. The van der Waals surface area contributed by atoms with Gasteiger partial charge in [0.2, 0.25) is 5.75 Å². The number of hydrogen-bond donors (Lipinski definition) is 0. The van der Waals surface area contributed by atoms with Gasteiger partial charge in [-0.2, -0.15) is 8.78 Å². The average molecular weight is 405 g/mol. The molecule has 0 aliphatic carbocycles. The Balaban J connectivity index is 1.59. The topological polar surface area (TPSA) is 104 Å². The van der Waals surface area contributed by atoms with Crippen LogP contribution in [-0.2, 0) is 0 Å². The number of nitro groups is 1. The van der Waals surface area contributed by atoms with E-state index in [4.69, 9.17) is 8.83 Å². The third-order valence-corrected chi connectivity index (χ3v) is 4.42. The lowest BCUT2D eigenvalue weighted by Crippen LogP contribution is -2.04. The van der Waals surface area contributed by atoms with E-state index < -0.39 is 23.0 Å². The molecule has 28 heavy (non-hydrogen) atoms. The molecule has 2 aromatic carbocycles. The summed E-state index contributed by atoms with van der Waals surface area (Å²) in [7, 11) is 0. The van der Waals surface area contributed by atoms with Crippen LogP contribution in [-0.4, -0.2) is 21.7 Å². The molecule has 0 saturated carbocycles. The Hall–Kier alpha value is -3.47. The molecule has 0 saturated heterocycles. The van der Waals surface area contributed by atoms with Crippen molar-refractivity contribution in [2.24, 2.45) is 0 Å². The van der Waals surface area contributed by atoms with Crippen molar-refractivity contribution in [2.75, 3.05) is 0 Å². The fraction of sp³-hybridized carbons (Fsp3) is 0.0588. The molecule has 0 radical (unpaired) electrons. The zero-order valence-electron chi connectivity index (χ0n) is 13.7. The van der Waals surface area contributed by atoms with Gasteiger partial charge in [-0.25, -0.2) is 0 Å². The first-order chi connectivity index (χ1) is 13.5. The molecule has 2 heterocycles. The fourth-order valence-electron chi connectivity index (χ4n) is 2.44. The zero-order valence-corrected chi connectivity index (χ0v) is 14.6. The zero-order chi connectivity index (χ0) is 19.7. The number of nitrogens with zero attached hydrogens (tertiary/aromatic N) is 3. The first-order valence-electron chi connectivity index (χ1n) is 7.73. The molecular formula is C17H9F2N3O5S. The van der Waals surface area contributed by atoms with Crippen LogP contribution in [0.4, 0.5) is 14.5 Å². The van der Waals surface area contributed by atoms with Crippen molar-refractivity contribution in [3.8, 4) is 17.4 Å². The molecule has 0 unspecified atom stereocenters. The number of alkyl halides is 2. The third-order valence-electron chi connectivity index (χ3n) is 3.59. The third kappa shape index (κ3) is 3.64. The Morgan fingerprint density at radius 2 is 1.93 bits per heavy atom. The summed E-state index contributed by atoms with van der Waals surface area (Å²) in [6, 6.07) is 12.7. The van der Waals surface area contributed by atoms with Gasteiger partial charge >= 0.3 is 12.3 Å². The molecule has 0 aliphatic heterocycles. The van der Waals surface area contributed by atoms with Crippen molar-refractivity contribution in [1.82, 2.24) is 10.2 Å². The van der Waals surface area contributed by atoms with Gasteiger partial charge in [-0.1, -0.05) is 18.2 Å². The molecule has 142 valence electrons. The van der Waals surface area contributed by atoms with Gasteiger partial charge in [0.1, 0.15) is 5.58 Å². The standard InChI is InChI=1S/C17H9F2N3O5S/c18-16(19)26-13-8-10(5-6-11(13)22(23)24)28-17-21-20-15(27-17)14-7-9-3-1-2-4-12(9)25-14/h1-8,16H. The van der Waals surface area contributed by atoms with E-state index in [0.717, 1.165) is 29.3 Å². The van der Waals surface area contributed by atoms with Crippen LogP contribution in [0.3, 0.4) is 0 Å². The Bertz CT molecular complexity index is 1130. The molecular weight excluding hydrogens is 396 g/mol. The van der Waals surface area contributed by atoms with E-state index in [1.807, 2.05) is 18.2 Å². The van der Waals surface area contributed by atoms with Crippen molar-refractivity contribution in [3.05, 3.63) is 58.6 Å². The van der Waals surface area contributed by atoms with Crippen molar-refractivity contribution >= 4 is 28.4 Å². The number of rotatable bonds is 6. The number of furan rings is 1. The quantitative estimate of drug-likeness (QED) is 0.321. The second-order valence-electron chi connectivity index (χ2n) is 5.39. The van der Waals surface area contributed by atoms with E-state index >= 15 is 0 Å². The summed E-state index contributed by atoms with van der Waals surface area (Å²) in [5, 5.41) is 19.7. The number of aromatic nitrogens is 2. The predicted molar refractivity (Wildman–Crippen MR) is 93.4 cm³/mol. The van der Waals surface area contributed by atoms with E-state index in [-0.39, 0.29) is 11.1 Å². The molecule has 0 fully saturated rings. The molecule has 2 aromatic heterocycles. The lowest BCUT2D eigenvalue weighted by molar-refractivity contribution is -0.386. The molecule has 4 aromatic rings. The van der Waals surface area contributed by atoms with E-state index in [9.17, 15) is 18.9 Å². The normalized spacial score (nSPS) is 11.2. The summed E-state index contributed by atoms with van der Waals surface area (Å²) < 4.78 is 40.4. The molecule has 0 N–H and O–H groups in total. The van der Waals surface area contributed by atoms with Crippen molar-refractivity contribution in [1.29, 1.82) is 0 Å². The number of ether oxygens (including phenoxy) is 1. The fourth-order valence-corrected chi connectivity index (χ4v) is 3.14. The largest absolute Gasteiger partial charge is 0.451 e. The number of para-hydroxylation sites is 1. The molecule has 0 atom stereocenters. The Morgan fingerprint density at radius 3 is 2.68 bits per heavy atom. The Morgan fingerprint density at radius 1 is 1.11 bits per heavy atom. The van der Waals surface area contributed by atoms with Gasteiger partial charge in [-0.3, -0.25) is 10.1 Å². The first kappa shape index (κ1) is 17.9. The number of fused-ring (bicyclic) bond motifs is 1. The minimum Gasteiger partial charge on any atom is -0.451 e. The smallest absolute Gasteiger partial charge is 0.387 e. The van der Waals surface area contributed by atoms with Gasteiger partial charge in [0.15, 0.2) is 5.76 Å². The number of halogens is 2. The van der Waals surface area contributed by atoms with Gasteiger partial charge in [-0.15, -0.1) is 10.2 Å². The summed E-state index contributed by atoms with van der Waals surface area (Å²) in [6.45, 7) is -3.19. The van der Waals surface area contributed by atoms with Crippen molar-refractivity contribution < 1.29 is 27.3 Å². The Kier molecular flexibility index (Phi) is 4.65. The summed E-state index contributed by atoms with van der Waals surface area (Å²) in [6.07, 6.45) is 0. The van der Waals surface area contributed by atoms with Gasteiger partial charge < -0.3 is 13.6 Å². The first-order valence-corrected chi connectivity index (χ1v) is 8.55. The maximum atomic E-state index is 12.5. The van der Waals surface area contributed by atoms with Crippen LogP contribution in [0.5, 0.6) is 5.75 Å². The maximum absolute atomic E-state index is 12.5. The highest BCUT2D eigenvalue weighted by Crippen LogP contribution is 2.36.